The summed E-state index contributed by atoms with van der Waals surface area (Å²) in [6.07, 6.45) is 3.79. The van der Waals surface area contributed by atoms with Crippen LogP contribution in [0.4, 0.5) is 5.69 Å². The molecule has 3 nitrogen and oxygen atoms in total. The molecule has 0 aliphatic heterocycles. The molecule has 2 rings (SSSR count). The van der Waals surface area contributed by atoms with E-state index in [9.17, 15) is 4.79 Å². The van der Waals surface area contributed by atoms with E-state index in [1.54, 1.807) is 24.3 Å². The molecule has 0 aliphatic rings. The van der Waals surface area contributed by atoms with Crippen molar-refractivity contribution in [3.05, 3.63) is 60.4 Å². The van der Waals surface area contributed by atoms with E-state index in [2.05, 4.69) is 4.98 Å². The Morgan fingerprint density at radius 2 is 1.94 bits per heavy atom. The van der Waals surface area contributed by atoms with Gasteiger partial charge in [-0.2, -0.15) is 0 Å². The zero-order valence-electron chi connectivity index (χ0n) is 9.71. The van der Waals surface area contributed by atoms with E-state index in [0.717, 1.165) is 11.3 Å². The van der Waals surface area contributed by atoms with Gasteiger partial charge in [-0.25, -0.2) is 0 Å². The van der Waals surface area contributed by atoms with Gasteiger partial charge in [0, 0.05) is 13.2 Å². The summed E-state index contributed by atoms with van der Waals surface area (Å²) in [4.78, 5) is 17.6. The molecule has 0 radical (unpaired) electrons. The Bertz CT molecular complexity index is 482. The van der Waals surface area contributed by atoms with Gasteiger partial charge < -0.3 is 4.90 Å². The smallest absolute Gasteiger partial charge is 0.231 e. The van der Waals surface area contributed by atoms with Crippen molar-refractivity contribution in [2.45, 2.75) is 6.42 Å². The quantitative estimate of drug-likeness (QED) is 0.804. The first-order valence-electron chi connectivity index (χ1n) is 5.48. The normalized spacial score (nSPS) is 9.94. The molecule has 0 aliphatic carbocycles. The van der Waals surface area contributed by atoms with Crippen LogP contribution in [0, 0.1) is 0 Å². The van der Waals surface area contributed by atoms with E-state index in [0.29, 0.717) is 6.42 Å². The summed E-state index contributed by atoms with van der Waals surface area (Å²) < 4.78 is 0. The van der Waals surface area contributed by atoms with Gasteiger partial charge in [0.1, 0.15) is 0 Å². The van der Waals surface area contributed by atoms with Crippen molar-refractivity contribution in [1.82, 2.24) is 4.98 Å². The number of carbonyl (C=O) groups excluding carboxylic acids is 1. The molecule has 0 spiro atoms. The van der Waals surface area contributed by atoms with Crippen LogP contribution in [0.5, 0.6) is 0 Å². The minimum absolute atomic E-state index is 0.0594. The average molecular weight is 226 g/mol. The van der Waals surface area contributed by atoms with Gasteiger partial charge in [-0.1, -0.05) is 30.3 Å². The van der Waals surface area contributed by atoms with Crippen molar-refractivity contribution in [3.63, 3.8) is 0 Å². The van der Waals surface area contributed by atoms with Crippen LogP contribution in [0.2, 0.25) is 0 Å². The number of hydrogen-bond donors (Lipinski definition) is 0. The minimum atomic E-state index is 0.0594. The average Bonchev–Trinajstić information content (AvgIpc) is 2.40. The first-order valence-corrected chi connectivity index (χ1v) is 5.48. The van der Waals surface area contributed by atoms with E-state index < -0.39 is 0 Å². The van der Waals surface area contributed by atoms with Gasteiger partial charge in [0.15, 0.2) is 0 Å². The molecule has 0 fully saturated rings. The number of anilines is 1. The highest BCUT2D eigenvalue weighted by molar-refractivity contribution is 5.94. The van der Waals surface area contributed by atoms with Crippen LogP contribution in [-0.4, -0.2) is 17.9 Å². The summed E-state index contributed by atoms with van der Waals surface area (Å²) in [6.45, 7) is 0. The van der Waals surface area contributed by atoms with Crippen LogP contribution < -0.4 is 4.90 Å². The first kappa shape index (κ1) is 11.3. The molecule has 17 heavy (non-hydrogen) atoms. The third-order valence-corrected chi connectivity index (χ3v) is 2.61. The Morgan fingerprint density at radius 3 is 2.59 bits per heavy atom. The van der Waals surface area contributed by atoms with Crippen molar-refractivity contribution < 1.29 is 4.79 Å². The third-order valence-electron chi connectivity index (χ3n) is 2.61. The Morgan fingerprint density at radius 1 is 1.18 bits per heavy atom. The van der Waals surface area contributed by atoms with Crippen molar-refractivity contribution >= 4 is 11.6 Å². The van der Waals surface area contributed by atoms with Gasteiger partial charge in [0.2, 0.25) is 5.91 Å². The fourth-order valence-electron chi connectivity index (χ4n) is 1.59. The number of nitrogens with zero attached hydrogens (tertiary/aromatic N) is 2. The summed E-state index contributed by atoms with van der Waals surface area (Å²) in [5, 5.41) is 0. The maximum absolute atomic E-state index is 12.0. The molecule has 0 unspecified atom stereocenters. The standard InChI is InChI=1S/C14H14N2O/c1-16(13-8-5-9-15-11-13)14(17)10-12-6-3-2-4-7-12/h2-9,11H,10H2,1H3. The van der Waals surface area contributed by atoms with Gasteiger partial charge in [-0.15, -0.1) is 0 Å². The Kier molecular flexibility index (Phi) is 3.50. The van der Waals surface area contributed by atoms with E-state index in [4.69, 9.17) is 0 Å². The molecule has 86 valence electrons. The molecule has 0 saturated heterocycles. The molecule has 1 aromatic carbocycles. The van der Waals surface area contributed by atoms with Gasteiger partial charge >= 0.3 is 0 Å². The summed E-state index contributed by atoms with van der Waals surface area (Å²) >= 11 is 0. The Hall–Kier alpha value is -2.16. The molecule has 0 bridgehead atoms. The maximum Gasteiger partial charge on any atom is 0.231 e. The lowest BCUT2D eigenvalue weighted by Crippen LogP contribution is -2.27. The predicted molar refractivity (Wildman–Crippen MR) is 67.8 cm³/mol. The number of benzene rings is 1. The monoisotopic (exact) mass is 226 g/mol. The van der Waals surface area contributed by atoms with E-state index in [-0.39, 0.29) is 5.91 Å². The fraction of sp³-hybridized carbons (Fsp3) is 0.143. The molecule has 0 N–H and O–H groups in total. The molecule has 1 aromatic heterocycles. The molecule has 3 heteroatoms. The second-order valence-corrected chi connectivity index (χ2v) is 3.83. The number of amides is 1. The van der Waals surface area contributed by atoms with Gasteiger partial charge in [0.05, 0.1) is 18.3 Å². The third kappa shape index (κ3) is 2.91. The van der Waals surface area contributed by atoms with Crippen LogP contribution in [-0.2, 0) is 11.2 Å². The predicted octanol–water partition coefficient (Wildman–Crippen LogP) is 2.29. The lowest BCUT2D eigenvalue weighted by molar-refractivity contribution is -0.117. The van der Waals surface area contributed by atoms with Crippen LogP contribution >= 0.6 is 0 Å². The zero-order valence-corrected chi connectivity index (χ0v) is 9.71. The topological polar surface area (TPSA) is 33.2 Å². The van der Waals surface area contributed by atoms with Crippen LogP contribution in [0.25, 0.3) is 0 Å². The largest absolute Gasteiger partial charge is 0.314 e. The molecule has 1 heterocycles. The highest BCUT2D eigenvalue weighted by Gasteiger charge is 2.10. The van der Waals surface area contributed by atoms with Gasteiger partial charge in [-0.3, -0.25) is 9.78 Å². The minimum Gasteiger partial charge on any atom is -0.314 e. The molecular formula is C14H14N2O. The van der Waals surface area contributed by atoms with E-state index in [1.165, 1.54) is 0 Å². The summed E-state index contributed by atoms with van der Waals surface area (Å²) in [6, 6.07) is 13.4. The summed E-state index contributed by atoms with van der Waals surface area (Å²) in [7, 11) is 1.77. The lowest BCUT2D eigenvalue weighted by atomic mass is 10.1. The van der Waals surface area contributed by atoms with Crippen LogP contribution in [0.3, 0.4) is 0 Å². The van der Waals surface area contributed by atoms with E-state index >= 15 is 0 Å². The number of likely N-dealkylation sites (N-methyl/N-ethyl adjacent to an activating group) is 1. The highest BCUT2D eigenvalue weighted by Crippen LogP contribution is 2.11. The molecule has 1 amide bonds. The van der Waals surface area contributed by atoms with Crippen molar-refractivity contribution in [3.8, 4) is 0 Å². The lowest BCUT2D eigenvalue weighted by Gasteiger charge is -2.16. The number of pyridine rings is 1. The number of rotatable bonds is 3. The molecule has 0 saturated carbocycles. The van der Waals surface area contributed by atoms with Crippen LogP contribution in [0.1, 0.15) is 5.56 Å². The fourth-order valence-corrected chi connectivity index (χ4v) is 1.59. The van der Waals surface area contributed by atoms with Crippen molar-refractivity contribution in [2.24, 2.45) is 0 Å². The number of carbonyl (C=O) groups is 1. The second-order valence-electron chi connectivity index (χ2n) is 3.83. The second kappa shape index (κ2) is 5.25. The maximum atomic E-state index is 12.0. The zero-order chi connectivity index (χ0) is 12.1. The molecular weight excluding hydrogens is 212 g/mol. The van der Waals surface area contributed by atoms with E-state index in [1.807, 2.05) is 42.5 Å². The first-order chi connectivity index (χ1) is 8.27. The molecule has 0 atom stereocenters. The van der Waals surface area contributed by atoms with Crippen molar-refractivity contribution in [2.75, 3.05) is 11.9 Å². The van der Waals surface area contributed by atoms with Gasteiger partial charge in [-0.05, 0) is 17.7 Å². The number of aromatic nitrogens is 1. The Balaban J connectivity index is 2.06. The van der Waals surface area contributed by atoms with Gasteiger partial charge in [0.25, 0.3) is 0 Å². The SMILES string of the molecule is CN(C(=O)Cc1ccccc1)c1cccnc1. The summed E-state index contributed by atoms with van der Waals surface area (Å²) in [5.41, 5.74) is 1.83. The Labute approximate surface area is 101 Å². The summed E-state index contributed by atoms with van der Waals surface area (Å²) in [5.74, 6) is 0.0594. The van der Waals surface area contributed by atoms with Crippen LogP contribution in [0.15, 0.2) is 54.9 Å². The van der Waals surface area contributed by atoms with Crippen molar-refractivity contribution in [1.29, 1.82) is 0 Å². The molecule has 2 aromatic rings. The highest BCUT2D eigenvalue weighted by atomic mass is 16.2. The number of hydrogen-bond acceptors (Lipinski definition) is 2.